The average Bonchev–Trinajstić information content (AvgIpc) is 2.83. The van der Waals surface area contributed by atoms with E-state index in [2.05, 4.69) is 27.0 Å². The number of nitrogen functional groups attached to an aromatic ring is 1. The molecule has 0 unspecified atom stereocenters. The zero-order valence-corrected chi connectivity index (χ0v) is 10.9. The van der Waals surface area contributed by atoms with Gasteiger partial charge < -0.3 is 11.1 Å². The molecule has 0 fully saturated rings. The summed E-state index contributed by atoms with van der Waals surface area (Å²) in [5.74, 6) is 0.470. The number of nitrogens with one attached hydrogen (secondary N) is 1. The minimum Gasteiger partial charge on any atom is -0.380 e. The number of imidazole rings is 1. The molecule has 20 heavy (non-hydrogen) atoms. The van der Waals surface area contributed by atoms with Gasteiger partial charge in [-0.05, 0) is 19.1 Å². The highest BCUT2D eigenvalue weighted by atomic mass is 15.3. The fourth-order valence-corrected chi connectivity index (χ4v) is 1.61. The van der Waals surface area contributed by atoms with Crippen LogP contribution in [0.1, 0.15) is 12.6 Å². The van der Waals surface area contributed by atoms with Crippen LogP contribution in [0.4, 0.5) is 11.8 Å². The Morgan fingerprint density at radius 1 is 1.60 bits per heavy atom. The summed E-state index contributed by atoms with van der Waals surface area (Å²) in [5, 5.41) is 16.2. The van der Waals surface area contributed by atoms with Crippen molar-refractivity contribution >= 4 is 17.4 Å². The standard InChI is InChI=1S/C13H13N7/c1-3-5-9(6-4-2)17-13-18-11(15)12-16-8-10(7-14)20(12)19-13/h3-6,8H,1H2,2H3,(H3,15,17,18,19)/b6-4-,9-5+. The first-order valence-corrected chi connectivity index (χ1v) is 5.83. The lowest BCUT2D eigenvalue weighted by Crippen LogP contribution is -2.09. The molecule has 2 aromatic heterocycles. The van der Waals surface area contributed by atoms with Crippen LogP contribution in [0.2, 0.25) is 0 Å². The highest BCUT2D eigenvalue weighted by Gasteiger charge is 2.10. The van der Waals surface area contributed by atoms with Crippen LogP contribution in [-0.2, 0) is 0 Å². The fraction of sp³-hybridized carbons (Fsp3) is 0.0769. The van der Waals surface area contributed by atoms with E-state index in [1.807, 2.05) is 25.1 Å². The SMILES string of the molecule is C=C/C=C(\C=C/C)Nc1nc(N)c2ncc(C#N)n2n1. The molecule has 0 aromatic carbocycles. The van der Waals surface area contributed by atoms with Crippen LogP contribution in [0.5, 0.6) is 0 Å². The second-order valence-corrected chi connectivity index (χ2v) is 3.79. The molecule has 0 aliphatic heterocycles. The molecule has 0 bridgehead atoms. The van der Waals surface area contributed by atoms with Gasteiger partial charge in [-0.2, -0.15) is 14.8 Å². The zero-order chi connectivity index (χ0) is 14.5. The third-order valence-corrected chi connectivity index (χ3v) is 2.40. The molecule has 0 radical (unpaired) electrons. The molecule has 0 atom stereocenters. The van der Waals surface area contributed by atoms with Gasteiger partial charge in [0, 0.05) is 5.70 Å². The van der Waals surface area contributed by atoms with Crippen LogP contribution < -0.4 is 11.1 Å². The summed E-state index contributed by atoms with van der Waals surface area (Å²) >= 11 is 0. The van der Waals surface area contributed by atoms with Crippen LogP contribution >= 0.6 is 0 Å². The van der Waals surface area contributed by atoms with Gasteiger partial charge in [0.2, 0.25) is 5.95 Å². The second-order valence-electron chi connectivity index (χ2n) is 3.79. The van der Waals surface area contributed by atoms with Crippen molar-refractivity contribution in [3.05, 3.63) is 48.5 Å². The Morgan fingerprint density at radius 3 is 3.05 bits per heavy atom. The van der Waals surface area contributed by atoms with Crippen molar-refractivity contribution in [2.45, 2.75) is 6.92 Å². The van der Waals surface area contributed by atoms with Gasteiger partial charge in [0.25, 0.3) is 0 Å². The molecule has 0 saturated carbocycles. The van der Waals surface area contributed by atoms with Gasteiger partial charge in [-0.3, -0.25) is 0 Å². The molecule has 3 N–H and O–H groups in total. The molecule has 0 aliphatic carbocycles. The monoisotopic (exact) mass is 267 g/mol. The van der Waals surface area contributed by atoms with E-state index in [0.29, 0.717) is 5.65 Å². The Hall–Kier alpha value is -3.14. The molecule has 0 saturated heterocycles. The number of nitriles is 1. The molecule has 0 aliphatic rings. The number of aromatic nitrogens is 4. The smallest absolute Gasteiger partial charge is 0.247 e. The van der Waals surface area contributed by atoms with Gasteiger partial charge in [-0.25, -0.2) is 4.98 Å². The van der Waals surface area contributed by atoms with Crippen molar-refractivity contribution in [1.82, 2.24) is 19.6 Å². The molecule has 2 rings (SSSR count). The molecule has 2 heterocycles. The van der Waals surface area contributed by atoms with Gasteiger partial charge in [0.1, 0.15) is 6.07 Å². The number of hydrogen-bond donors (Lipinski definition) is 2. The summed E-state index contributed by atoms with van der Waals surface area (Å²) in [7, 11) is 0. The largest absolute Gasteiger partial charge is 0.380 e. The lowest BCUT2D eigenvalue weighted by atomic mass is 10.3. The lowest BCUT2D eigenvalue weighted by Gasteiger charge is -2.06. The Labute approximate surface area is 115 Å². The minimum absolute atomic E-state index is 0.197. The predicted molar refractivity (Wildman–Crippen MR) is 76.6 cm³/mol. The quantitative estimate of drug-likeness (QED) is 0.816. The van der Waals surface area contributed by atoms with Gasteiger partial charge >= 0.3 is 0 Å². The third-order valence-electron chi connectivity index (χ3n) is 2.40. The summed E-state index contributed by atoms with van der Waals surface area (Å²) in [5.41, 5.74) is 7.20. The highest BCUT2D eigenvalue weighted by Crippen LogP contribution is 2.14. The maximum atomic E-state index is 8.99. The molecule has 0 spiro atoms. The number of hydrogen-bond acceptors (Lipinski definition) is 6. The van der Waals surface area contributed by atoms with Crippen LogP contribution in [0, 0.1) is 11.3 Å². The maximum Gasteiger partial charge on any atom is 0.247 e. The van der Waals surface area contributed by atoms with Crippen molar-refractivity contribution < 1.29 is 0 Å². The first-order valence-electron chi connectivity index (χ1n) is 5.83. The summed E-state index contributed by atoms with van der Waals surface area (Å²) < 4.78 is 1.35. The molecular weight excluding hydrogens is 254 g/mol. The molecular formula is C13H13N7. The van der Waals surface area contributed by atoms with Crippen molar-refractivity contribution in [3.8, 4) is 6.07 Å². The summed E-state index contributed by atoms with van der Waals surface area (Å²) in [6.45, 7) is 5.53. The van der Waals surface area contributed by atoms with Gasteiger partial charge in [0.15, 0.2) is 17.2 Å². The molecule has 7 heteroatoms. The number of anilines is 2. The van der Waals surface area contributed by atoms with Crippen LogP contribution in [0.3, 0.4) is 0 Å². The van der Waals surface area contributed by atoms with E-state index in [0.717, 1.165) is 5.70 Å². The van der Waals surface area contributed by atoms with E-state index in [1.54, 1.807) is 12.2 Å². The maximum absolute atomic E-state index is 8.99. The van der Waals surface area contributed by atoms with Crippen molar-refractivity contribution in [1.29, 1.82) is 5.26 Å². The third kappa shape index (κ3) is 2.49. The Morgan fingerprint density at radius 2 is 2.40 bits per heavy atom. The summed E-state index contributed by atoms with van der Waals surface area (Å²) in [4.78, 5) is 8.11. The van der Waals surface area contributed by atoms with Gasteiger partial charge in [-0.1, -0.05) is 18.7 Å². The zero-order valence-electron chi connectivity index (χ0n) is 10.9. The molecule has 7 nitrogen and oxygen atoms in total. The first kappa shape index (κ1) is 13.3. The van der Waals surface area contributed by atoms with E-state index >= 15 is 0 Å². The first-order chi connectivity index (χ1) is 9.69. The highest BCUT2D eigenvalue weighted by molar-refractivity contribution is 5.62. The van der Waals surface area contributed by atoms with E-state index in [1.165, 1.54) is 10.7 Å². The van der Waals surface area contributed by atoms with E-state index < -0.39 is 0 Å². The molecule has 2 aromatic rings. The van der Waals surface area contributed by atoms with Crippen LogP contribution in [0.25, 0.3) is 5.65 Å². The second kappa shape index (κ2) is 5.67. The fourth-order valence-electron chi connectivity index (χ4n) is 1.61. The number of allylic oxidation sites excluding steroid dienone is 4. The topological polar surface area (TPSA) is 105 Å². The van der Waals surface area contributed by atoms with Crippen molar-refractivity contribution in [3.63, 3.8) is 0 Å². The number of rotatable bonds is 4. The number of nitrogens with two attached hydrogens (primary N) is 1. The Bertz CT molecular complexity index is 746. The summed E-state index contributed by atoms with van der Waals surface area (Å²) in [6, 6.07) is 1.99. The molecule has 100 valence electrons. The lowest BCUT2D eigenvalue weighted by molar-refractivity contribution is 0.896. The Balaban J connectivity index is 2.48. The van der Waals surface area contributed by atoms with Crippen LogP contribution in [-0.4, -0.2) is 19.6 Å². The normalized spacial score (nSPS) is 11.7. The average molecular weight is 267 g/mol. The van der Waals surface area contributed by atoms with E-state index in [4.69, 9.17) is 11.0 Å². The van der Waals surface area contributed by atoms with Crippen molar-refractivity contribution in [2.75, 3.05) is 11.1 Å². The van der Waals surface area contributed by atoms with Gasteiger partial charge in [-0.15, -0.1) is 5.10 Å². The number of nitrogens with zero attached hydrogens (tertiary/aromatic N) is 5. The Kier molecular flexibility index (Phi) is 3.77. The van der Waals surface area contributed by atoms with E-state index in [-0.39, 0.29) is 17.5 Å². The predicted octanol–water partition coefficient (Wildman–Crippen LogP) is 1.64. The summed E-state index contributed by atoms with van der Waals surface area (Å²) in [6.07, 6.45) is 8.51. The number of fused-ring (bicyclic) bond motifs is 1. The minimum atomic E-state index is 0.197. The van der Waals surface area contributed by atoms with E-state index in [9.17, 15) is 0 Å². The van der Waals surface area contributed by atoms with Crippen molar-refractivity contribution in [2.24, 2.45) is 0 Å². The molecule has 0 amide bonds. The van der Waals surface area contributed by atoms with Crippen LogP contribution in [0.15, 0.2) is 42.8 Å². The van der Waals surface area contributed by atoms with Gasteiger partial charge in [0.05, 0.1) is 6.20 Å².